The lowest BCUT2D eigenvalue weighted by Crippen LogP contribution is -1.90. The fraction of sp³-hybridized carbons (Fsp3) is 0.231. The van der Waals surface area contributed by atoms with Crippen LogP contribution in [0, 0.1) is 0 Å². The summed E-state index contributed by atoms with van der Waals surface area (Å²) in [5, 5.41) is 0. The Kier molecular flexibility index (Phi) is 3.15. The van der Waals surface area contributed by atoms with Gasteiger partial charge >= 0.3 is 0 Å². The van der Waals surface area contributed by atoms with E-state index in [2.05, 4.69) is 35.9 Å². The van der Waals surface area contributed by atoms with Gasteiger partial charge in [0.15, 0.2) is 0 Å². The molecule has 3 nitrogen and oxygen atoms in total. The zero-order valence-corrected chi connectivity index (χ0v) is 9.42. The summed E-state index contributed by atoms with van der Waals surface area (Å²) >= 11 is 0. The molecular weight excluding hydrogens is 200 g/mol. The predicted octanol–water partition coefficient (Wildman–Crippen LogP) is 3.39. The van der Waals surface area contributed by atoms with Gasteiger partial charge in [-0.25, -0.2) is 9.97 Å². The Morgan fingerprint density at radius 1 is 1.06 bits per heavy atom. The van der Waals surface area contributed by atoms with Gasteiger partial charge in [0.25, 0.3) is 0 Å². The molecule has 82 valence electrons. The summed E-state index contributed by atoms with van der Waals surface area (Å²) in [5.41, 5.74) is 1.30. The first-order valence-corrected chi connectivity index (χ1v) is 5.29. The van der Waals surface area contributed by atoms with Crippen molar-refractivity contribution in [2.45, 2.75) is 19.8 Å². The van der Waals surface area contributed by atoms with Crippen LogP contribution in [0.4, 0.5) is 0 Å². The third-order valence-corrected chi connectivity index (χ3v) is 2.32. The maximum atomic E-state index is 5.56. The monoisotopic (exact) mass is 214 g/mol. The van der Waals surface area contributed by atoms with Crippen LogP contribution in [0.1, 0.15) is 25.3 Å². The molecule has 0 aliphatic heterocycles. The first-order chi connectivity index (χ1) is 7.75. The second kappa shape index (κ2) is 4.75. The molecule has 1 aromatic heterocycles. The summed E-state index contributed by atoms with van der Waals surface area (Å²) in [6, 6.07) is 9.79. The molecule has 0 amide bonds. The maximum Gasteiger partial charge on any atom is 0.222 e. The van der Waals surface area contributed by atoms with Crippen molar-refractivity contribution in [3.8, 4) is 11.6 Å². The Hall–Kier alpha value is -1.90. The zero-order chi connectivity index (χ0) is 11.4. The molecule has 0 radical (unpaired) electrons. The molecule has 1 heterocycles. The van der Waals surface area contributed by atoms with Crippen molar-refractivity contribution in [3.05, 3.63) is 48.4 Å². The van der Waals surface area contributed by atoms with E-state index in [4.69, 9.17) is 4.74 Å². The van der Waals surface area contributed by atoms with Gasteiger partial charge in [0.1, 0.15) is 12.1 Å². The summed E-state index contributed by atoms with van der Waals surface area (Å²) in [5.74, 6) is 1.89. The molecule has 0 fully saturated rings. The molecule has 0 N–H and O–H groups in total. The van der Waals surface area contributed by atoms with Crippen molar-refractivity contribution >= 4 is 0 Å². The van der Waals surface area contributed by atoms with Crippen LogP contribution in [0.25, 0.3) is 0 Å². The van der Waals surface area contributed by atoms with E-state index in [-0.39, 0.29) is 0 Å². The van der Waals surface area contributed by atoms with E-state index in [1.54, 1.807) is 12.3 Å². The second-order valence-corrected chi connectivity index (χ2v) is 3.87. The summed E-state index contributed by atoms with van der Waals surface area (Å²) in [4.78, 5) is 7.83. The van der Waals surface area contributed by atoms with E-state index in [0.29, 0.717) is 11.8 Å². The lowest BCUT2D eigenvalue weighted by Gasteiger charge is -2.07. The van der Waals surface area contributed by atoms with Crippen LogP contribution >= 0.6 is 0 Å². The van der Waals surface area contributed by atoms with Crippen molar-refractivity contribution in [2.24, 2.45) is 0 Å². The Balaban J connectivity index is 2.11. The highest BCUT2D eigenvalue weighted by Gasteiger charge is 2.00. The van der Waals surface area contributed by atoms with Gasteiger partial charge in [0.2, 0.25) is 5.88 Å². The highest BCUT2D eigenvalue weighted by atomic mass is 16.5. The molecule has 0 saturated heterocycles. The van der Waals surface area contributed by atoms with Gasteiger partial charge in [-0.3, -0.25) is 0 Å². The topological polar surface area (TPSA) is 35.0 Å². The van der Waals surface area contributed by atoms with Crippen LogP contribution in [0.15, 0.2) is 42.9 Å². The van der Waals surface area contributed by atoms with Gasteiger partial charge in [0, 0.05) is 12.3 Å². The zero-order valence-electron chi connectivity index (χ0n) is 9.42. The largest absolute Gasteiger partial charge is 0.439 e. The fourth-order valence-corrected chi connectivity index (χ4v) is 1.38. The Morgan fingerprint density at radius 2 is 1.81 bits per heavy atom. The predicted molar refractivity (Wildman–Crippen MR) is 62.6 cm³/mol. The van der Waals surface area contributed by atoms with E-state index in [9.17, 15) is 0 Å². The summed E-state index contributed by atoms with van der Waals surface area (Å²) in [7, 11) is 0. The van der Waals surface area contributed by atoms with Crippen LogP contribution in [0.3, 0.4) is 0 Å². The minimum Gasteiger partial charge on any atom is -0.439 e. The minimum absolute atomic E-state index is 0.535. The second-order valence-electron chi connectivity index (χ2n) is 3.87. The van der Waals surface area contributed by atoms with Crippen molar-refractivity contribution in [3.63, 3.8) is 0 Å². The SMILES string of the molecule is CC(C)c1ccc(Oc2ccncn2)cc1. The number of rotatable bonds is 3. The van der Waals surface area contributed by atoms with E-state index in [1.807, 2.05) is 12.1 Å². The first-order valence-electron chi connectivity index (χ1n) is 5.29. The standard InChI is InChI=1S/C13H14N2O/c1-10(2)11-3-5-12(6-4-11)16-13-7-8-14-9-15-13/h3-10H,1-2H3. The fourth-order valence-electron chi connectivity index (χ4n) is 1.38. The number of hydrogen-bond acceptors (Lipinski definition) is 3. The van der Waals surface area contributed by atoms with Gasteiger partial charge in [0.05, 0.1) is 0 Å². The van der Waals surface area contributed by atoms with Crippen molar-refractivity contribution in [2.75, 3.05) is 0 Å². The number of benzene rings is 1. The highest BCUT2D eigenvalue weighted by Crippen LogP contribution is 2.21. The number of aromatic nitrogens is 2. The van der Waals surface area contributed by atoms with Gasteiger partial charge in [-0.2, -0.15) is 0 Å². The minimum atomic E-state index is 0.535. The number of hydrogen-bond donors (Lipinski definition) is 0. The first kappa shape index (κ1) is 10.6. The van der Waals surface area contributed by atoms with Crippen LogP contribution in [0.2, 0.25) is 0 Å². The van der Waals surface area contributed by atoms with Gasteiger partial charge in [-0.05, 0) is 23.6 Å². The summed E-state index contributed by atoms with van der Waals surface area (Å²) in [6.07, 6.45) is 3.13. The molecule has 0 aliphatic rings. The Bertz CT molecular complexity index is 437. The van der Waals surface area contributed by atoms with Gasteiger partial charge in [-0.1, -0.05) is 26.0 Å². The molecular formula is C13H14N2O. The molecule has 0 atom stereocenters. The van der Waals surface area contributed by atoms with Crippen molar-refractivity contribution < 1.29 is 4.74 Å². The Morgan fingerprint density at radius 3 is 2.38 bits per heavy atom. The van der Waals surface area contributed by atoms with E-state index < -0.39 is 0 Å². The molecule has 0 spiro atoms. The van der Waals surface area contributed by atoms with E-state index in [0.717, 1.165) is 5.75 Å². The Labute approximate surface area is 95.1 Å². The normalized spacial score (nSPS) is 10.4. The molecule has 0 saturated carbocycles. The van der Waals surface area contributed by atoms with Gasteiger partial charge < -0.3 is 4.74 Å². The smallest absolute Gasteiger partial charge is 0.222 e. The van der Waals surface area contributed by atoms with Crippen LogP contribution < -0.4 is 4.74 Å². The maximum absolute atomic E-state index is 5.56. The molecule has 2 aromatic rings. The number of ether oxygens (including phenoxy) is 1. The molecule has 2 rings (SSSR count). The molecule has 1 aromatic carbocycles. The third-order valence-electron chi connectivity index (χ3n) is 2.32. The lowest BCUT2D eigenvalue weighted by atomic mass is 10.0. The highest BCUT2D eigenvalue weighted by molar-refractivity contribution is 5.31. The molecule has 0 aliphatic carbocycles. The van der Waals surface area contributed by atoms with Gasteiger partial charge in [-0.15, -0.1) is 0 Å². The van der Waals surface area contributed by atoms with E-state index in [1.165, 1.54) is 11.9 Å². The molecule has 16 heavy (non-hydrogen) atoms. The molecule has 3 heteroatoms. The van der Waals surface area contributed by atoms with Crippen LogP contribution in [-0.2, 0) is 0 Å². The molecule has 0 bridgehead atoms. The summed E-state index contributed by atoms with van der Waals surface area (Å²) in [6.45, 7) is 4.33. The van der Waals surface area contributed by atoms with Crippen LogP contribution in [0.5, 0.6) is 11.6 Å². The van der Waals surface area contributed by atoms with Crippen LogP contribution in [-0.4, -0.2) is 9.97 Å². The average Bonchev–Trinajstić information content (AvgIpc) is 2.31. The average molecular weight is 214 g/mol. The van der Waals surface area contributed by atoms with E-state index >= 15 is 0 Å². The lowest BCUT2D eigenvalue weighted by molar-refractivity contribution is 0.461. The third kappa shape index (κ3) is 2.57. The quantitative estimate of drug-likeness (QED) is 0.785. The van der Waals surface area contributed by atoms with Crippen molar-refractivity contribution in [1.29, 1.82) is 0 Å². The van der Waals surface area contributed by atoms with Crippen molar-refractivity contribution in [1.82, 2.24) is 9.97 Å². The summed E-state index contributed by atoms with van der Waals surface area (Å²) < 4.78 is 5.56. The molecule has 0 unspecified atom stereocenters. The number of nitrogens with zero attached hydrogens (tertiary/aromatic N) is 2.